The van der Waals surface area contributed by atoms with Crippen LogP contribution in [0.15, 0.2) is 42.5 Å². The predicted octanol–water partition coefficient (Wildman–Crippen LogP) is 5.32. The van der Waals surface area contributed by atoms with Crippen molar-refractivity contribution < 1.29 is 19.7 Å². The summed E-state index contributed by atoms with van der Waals surface area (Å²) in [6.07, 6.45) is 1.94. The molecule has 0 aromatic heterocycles. The quantitative estimate of drug-likeness (QED) is 0.664. The molecule has 0 amide bonds. The summed E-state index contributed by atoms with van der Waals surface area (Å²) < 4.78 is 11.4. The normalized spacial score (nSPS) is 21.2. The number of aliphatic hydroxyl groups excluding tert-OH is 2. The molecule has 1 heterocycles. The molecule has 1 fully saturated rings. The topological polar surface area (TPSA) is 58.9 Å². The Morgan fingerprint density at radius 1 is 1.07 bits per heavy atom. The maximum Gasteiger partial charge on any atom is 0.119 e. The number of hydrogen-bond acceptors (Lipinski definition) is 4. The van der Waals surface area contributed by atoms with Crippen molar-refractivity contribution in [1.29, 1.82) is 0 Å². The van der Waals surface area contributed by atoms with Crippen LogP contribution in [0.4, 0.5) is 0 Å². The predicted molar refractivity (Wildman–Crippen MR) is 118 cm³/mol. The molecule has 1 aliphatic rings. The van der Waals surface area contributed by atoms with Gasteiger partial charge in [0.15, 0.2) is 0 Å². The van der Waals surface area contributed by atoms with Crippen LogP contribution < -0.4 is 4.74 Å². The molecule has 1 saturated heterocycles. The van der Waals surface area contributed by atoms with Gasteiger partial charge in [-0.3, -0.25) is 0 Å². The molecule has 0 spiro atoms. The minimum atomic E-state index is -0.462. The summed E-state index contributed by atoms with van der Waals surface area (Å²) in [6, 6.07) is 13.8. The zero-order chi connectivity index (χ0) is 21.2. The Bertz CT molecular complexity index is 732. The van der Waals surface area contributed by atoms with Gasteiger partial charge in [0.25, 0.3) is 0 Å². The van der Waals surface area contributed by atoms with Gasteiger partial charge in [-0.2, -0.15) is 0 Å². The lowest BCUT2D eigenvalue weighted by molar-refractivity contribution is -0.113. The smallest absolute Gasteiger partial charge is 0.119 e. The molecule has 3 unspecified atom stereocenters. The van der Waals surface area contributed by atoms with Crippen LogP contribution in [0.1, 0.15) is 62.8 Å². The summed E-state index contributed by atoms with van der Waals surface area (Å²) in [4.78, 5) is 0. The van der Waals surface area contributed by atoms with Crippen molar-refractivity contribution in [1.82, 2.24) is 0 Å². The van der Waals surface area contributed by atoms with Gasteiger partial charge < -0.3 is 19.7 Å². The Hall–Kier alpha value is -1.59. The maximum absolute atomic E-state index is 10.0. The SMILES string of the molecule is CCC.CCOc1ccc(Cc2cc(C3CC(O)CC(CO)O3)ccc2Cl)cc1. The number of halogens is 1. The van der Waals surface area contributed by atoms with Gasteiger partial charge in [0, 0.05) is 17.9 Å². The average Bonchev–Trinajstić information content (AvgIpc) is 2.71. The number of aliphatic hydroxyl groups is 2. The van der Waals surface area contributed by atoms with Crippen LogP contribution in [0.3, 0.4) is 0 Å². The fraction of sp³-hybridized carbons (Fsp3) is 0.500. The standard InChI is InChI=1S/C21H25ClO4.C3H8/c1-2-25-18-6-3-14(4-7-18)9-16-10-15(5-8-20(16)22)21-12-17(24)11-19(13-23)26-21;1-3-2/h3-8,10,17,19,21,23-24H,2,9,11-13H2,1H3;3H2,1-2H3. The van der Waals surface area contributed by atoms with Crippen molar-refractivity contribution in [2.45, 2.75) is 64.8 Å². The Balaban J connectivity index is 0.000000941. The van der Waals surface area contributed by atoms with E-state index in [1.54, 1.807) is 0 Å². The molecule has 0 radical (unpaired) electrons. The molecule has 2 aromatic carbocycles. The van der Waals surface area contributed by atoms with Gasteiger partial charge in [-0.25, -0.2) is 0 Å². The van der Waals surface area contributed by atoms with Gasteiger partial charge in [0.05, 0.1) is 31.5 Å². The van der Waals surface area contributed by atoms with E-state index < -0.39 is 6.10 Å². The zero-order valence-electron chi connectivity index (χ0n) is 17.6. The van der Waals surface area contributed by atoms with Crippen LogP contribution in [0.25, 0.3) is 0 Å². The van der Waals surface area contributed by atoms with Gasteiger partial charge in [-0.1, -0.05) is 56.1 Å². The van der Waals surface area contributed by atoms with Crippen LogP contribution in [-0.4, -0.2) is 35.6 Å². The van der Waals surface area contributed by atoms with E-state index in [-0.39, 0.29) is 18.8 Å². The van der Waals surface area contributed by atoms with Gasteiger partial charge in [-0.15, -0.1) is 0 Å². The monoisotopic (exact) mass is 420 g/mol. The van der Waals surface area contributed by atoms with Gasteiger partial charge in [-0.05, 0) is 48.2 Å². The van der Waals surface area contributed by atoms with Gasteiger partial charge in [0.1, 0.15) is 5.75 Å². The average molecular weight is 421 g/mol. The third kappa shape index (κ3) is 7.31. The Morgan fingerprint density at radius 2 is 1.76 bits per heavy atom. The van der Waals surface area contributed by atoms with E-state index in [1.165, 1.54) is 6.42 Å². The number of rotatable bonds is 6. The van der Waals surface area contributed by atoms with E-state index in [9.17, 15) is 10.2 Å². The molecule has 1 aliphatic heterocycles. The molecule has 0 bridgehead atoms. The maximum atomic E-state index is 10.0. The highest BCUT2D eigenvalue weighted by atomic mass is 35.5. The second-order valence-electron chi connectivity index (χ2n) is 7.37. The second kappa shape index (κ2) is 12.2. The van der Waals surface area contributed by atoms with Crippen LogP contribution in [0.2, 0.25) is 5.02 Å². The molecule has 2 aromatic rings. The molecule has 160 valence electrons. The summed E-state index contributed by atoms with van der Waals surface area (Å²) in [5.41, 5.74) is 3.13. The Morgan fingerprint density at radius 3 is 2.38 bits per heavy atom. The molecular weight excluding hydrogens is 388 g/mol. The largest absolute Gasteiger partial charge is 0.494 e. The lowest BCUT2D eigenvalue weighted by Crippen LogP contribution is -2.33. The molecule has 4 nitrogen and oxygen atoms in total. The molecule has 0 aliphatic carbocycles. The van der Waals surface area contributed by atoms with E-state index in [2.05, 4.69) is 13.8 Å². The number of hydrogen-bond donors (Lipinski definition) is 2. The molecule has 29 heavy (non-hydrogen) atoms. The first-order chi connectivity index (χ1) is 14.0. The first kappa shape index (κ1) is 23.7. The number of ether oxygens (including phenoxy) is 2. The minimum absolute atomic E-state index is 0.0831. The summed E-state index contributed by atoms with van der Waals surface area (Å²) >= 11 is 6.40. The van der Waals surface area contributed by atoms with Crippen molar-refractivity contribution in [3.63, 3.8) is 0 Å². The van der Waals surface area contributed by atoms with E-state index >= 15 is 0 Å². The fourth-order valence-corrected chi connectivity index (χ4v) is 3.53. The summed E-state index contributed by atoms with van der Waals surface area (Å²) in [6.45, 7) is 6.78. The van der Waals surface area contributed by atoms with Crippen molar-refractivity contribution in [3.05, 3.63) is 64.2 Å². The summed E-state index contributed by atoms with van der Waals surface area (Å²) in [5.74, 6) is 0.857. The lowest BCUT2D eigenvalue weighted by atomic mass is 9.94. The van der Waals surface area contributed by atoms with Crippen LogP contribution in [-0.2, 0) is 11.2 Å². The third-order valence-electron chi connectivity index (χ3n) is 4.65. The zero-order valence-corrected chi connectivity index (χ0v) is 18.4. The summed E-state index contributed by atoms with van der Waals surface area (Å²) in [5, 5.41) is 20.1. The van der Waals surface area contributed by atoms with Crippen LogP contribution in [0.5, 0.6) is 5.75 Å². The first-order valence-corrected chi connectivity index (χ1v) is 10.8. The van der Waals surface area contributed by atoms with E-state index in [0.29, 0.717) is 30.9 Å². The van der Waals surface area contributed by atoms with Crippen LogP contribution >= 0.6 is 11.6 Å². The minimum Gasteiger partial charge on any atom is -0.494 e. The highest BCUT2D eigenvalue weighted by molar-refractivity contribution is 6.31. The van der Waals surface area contributed by atoms with E-state index in [0.717, 1.165) is 22.4 Å². The Labute approximate surface area is 179 Å². The lowest BCUT2D eigenvalue weighted by Gasteiger charge is -2.32. The van der Waals surface area contributed by atoms with Crippen molar-refractivity contribution in [2.75, 3.05) is 13.2 Å². The molecular formula is C24H33ClO4. The third-order valence-corrected chi connectivity index (χ3v) is 5.02. The van der Waals surface area contributed by atoms with Crippen molar-refractivity contribution in [2.24, 2.45) is 0 Å². The highest BCUT2D eigenvalue weighted by Gasteiger charge is 2.29. The Kier molecular flexibility index (Phi) is 9.95. The molecule has 2 N–H and O–H groups in total. The first-order valence-electron chi connectivity index (χ1n) is 10.4. The molecule has 3 atom stereocenters. The van der Waals surface area contributed by atoms with Crippen molar-refractivity contribution >= 4 is 11.6 Å². The molecule has 5 heteroatoms. The van der Waals surface area contributed by atoms with Crippen LogP contribution in [0, 0.1) is 0 Å². The molecule has 0 saturated carbocycles. The van der Waals surface area contributed by atoms with Gasteiger partial charge >= 0.3 is 0 Å². The van der Waals surface area contributed by atoms with Gasteiger partial charge in [0.2, 0.25) is 0 Å². The van der Waals surface area contributed by atoms with Crippen molar-refractivity contribution in [3.8, 4) is 5.75 Å². The van der Waals surface area contributed by atoms with E-state index in [4.69, 9.17) is 21.1 Å². The van der Waals surface area contributed by atoms with E-state index in [1.807, 2.05) is 49.4 Å². The second-order valence-corrected chi connectivity index (χ2v) is 7.77. The highest BCUT2D eigenvalue weighted by Crippen LogP contribution is 2.33. The fourth-order valence-electron chi connectivity index (χ4n) is 3.34. The number of benzene rings is 2. The summed E-state index contributed by atoms with van der Waals surface area (Å²) in [7, 11) is 0. The molecule has 3 rings (SSSR count).